The molecule has 1 N–H and O–H groups in total. The van der Waals surface area contributed by atoms with Gasteiger partial charge in [-0.15, -0.1) is 10.2 Å². The molecule has 0 amide bonds. The van der Waals surface area contributed by atoms with Gasteiger partial charge in [-0.1, -0.05) is 37.3 Å². The fraction of sp³-hybridized carbons (Fsp3) is 0.333. The molecule has 3 aromatic heterocycles. The molecule has 27 heavy (non-hydrogen) atoms. The first kappa shape index (κ1) is 17.5. The molecule has 0 aliphatic rings. The van der Waals surface area contributed by atoms with E-state index in [-0.39, 0.29) is 0 Å². The molecular weight excluding hydrogens is 364 g/mol. The summed E-state index contributed by atoms with van der Waals surface area (Å²) >= 11 is 1.44. The number of rotatable bonds is 7. The zero-order chi connectivity index (χ0) is 18.8. The van der Waals surface area contributed by atoms with Crippen molar-refractivity contribution in [1.82, 2.24) is 30.0 Å². The Morgan fingerprint density at radius 3 is 2.78 bits per heavy atom. The van der Waals surface area contributed by atoms with Crippen LogP contribution in [0.2, 0.25) is 0 Å². The number of fused-ring (bicyclic) bond motifs is 1. The van der Waals surface area contributed by atoms with Gasteiger partial charge in [0.05, 0.1) is 7.11 Å². The smallest absolute Gasteiger partial charge is 0.235 e. The van der Waals surface area contributed by atoms with E-state index in [1.54, 1.807) is 11.6 Å². The zero-order valence-electron chi connectivity index (χ0n) is 15.3. The van der Waals surface area contributed by atoms with E-state index in [0.29, 0.717) is 34.8 Å². The third-order valence-electron chi connectivity index (χ3n) is 3.94. The average molecular weight is 384 g/mol. The van der Waals surface area contributed by atoms with E-state index in [0.717, 1.165) is 22.8 Å². The van der Waals surface area contributed by atoms with Crippen molar-refractivity contribution in [3.8, 4) is 23.0 Å². The largest absolute Gasteiger partial charge is 0.493 e. The molecule has 0 spiro atoms. The lowest BCUT2D eigenvalue weighted by Crippen LogP contribution is -1.99. The van der Waals surface area contributed by atoms with Gasteiger partial charge in [-0.05, 0) is 30.5 Å². The van der Waals surface area contributed by atoms with E-state index >= 15 is 0 Å². The van der Waals surface area contributed by atoms with E-state index in [2.05, 4.69) is 39.3 Å². The third-order valence-corrected chi connectivity index (χ3v) is 4.81. The summed E-state index contributed by atoms with van der Waals surface area (Å²) in [6.45, 7) is 4.67. The minimum absolute atomic E-state index is 0.326. The maximum Gasteiger partial charge on any atom is 0.235 e. The van der Waals surface area contributed by atoms with Crippen molar-refractivity contribution in [2.24, 2.45) is 5.92 Å². The molecule has 0 bridgehead atoms. The molecule has 0 saturated carbocycles. The predicted octanol–water partition coefficient (Wildman–Crippen LogP) is 3.36. The maximum atomic E-state index is 5.85. The predicted molar refractivity (Wildman–Crippen MR) is 102 cm³/mol. The average Bonchev–Trinajstić information content (AvgIpc) is 3.35. The normalized spacial score (nSPS) is 11.4. The quantitative estimate of drug-likeness (QED) is 0.525. The van der Waals surface area contributed by atoms with Gasteiger partial charge in [0.1, 0.15) is 12.3 Å². The number of methoxy groups -OCH3 is 1. The van der Waals surface area contributed by atoms with Crippen molar-refractivity contribution >= 4 is 16.3 Å². The van der Waals surface area contributed by atoms with Gasteiger partial charge in [-0.3, -0.25) is 5.10 Å². The van der Waals surface area contributed by atoms with Crippen LogP contribution in [-0.2, 0) is 13.0 Å². The lowest BCUT2D eigenvalue weighted by molar-refractivity contribution is 0.283. The first-order valence-corrected chi connectivity index (χ1v) is 9.47. The zero-order valence-corrected chi connectivity index (χ0v) is 16.2. The van der Waals surface area contributed by atoms with Crippen LogP contribution in [-0.4, -0.2) is 37.1 Å². The van der Waals surface area contributed by atoms with Crippen molar-refractivity contribution in [3.63, 3.8) is 0 Å². The van der Waals surface area contributed by atoms with Crippen LogP contribution in [0.25, 0.3) is 16.5 Å². The van der Waals surface area contributed by atoms with E-state index < -0.39 is 0 Å². The Kier molecular flexibility index (Phi) is 4.76. The van der Waals surface area contributed by atoms with Gasteiger partial charge in [-0.2, -0.15) is 14.7 Å². The molecular formula is C18H20N6O2S. The van der Waals surface area contributed by atoms with Gasteiger partial charge in [-0.25, -0.2) is 0 Å². The van der Waals surface area contributed by atoms with Gasteiger partial charge in [0.2, 0.25) is 10.8 Å². The van der Waals surface area contributed by atoms with Crippen molar-refractivity contribution in [3.05, 3.63) is 41.0 Å². The van der Waals surface area contributed by atoms with E-state index in [4.69, 9.17) is 9.47 Å². The molecule has 0 fully saturated rings. The first-order valence-electron chi connectivity index (χ1n) is 8.65. The second-order valence-electron chi connectivity index (χ2n) is 6.53. The van der Waals surface area contributed by atoms with E-state index in [1.165, 1.54) is 11.3 Å². The molecule has 0 radical (unpaired) electrons. The standard InChI is InChI=1S/C18H20N6O2S/c1-11(2)8-12-9-13(20-19-12)17-21-22-18-24(17)23-16(27-18)10-26-15-7-5-4-6-14(15)25-3/h4-7,9,11H,8,10H2,1-3H3,(H,19,20). The highest BCUT2D eigenvalue weighted by atomic mass is 32.1. The highest BCUT2D eigenvalue weighted by molar-refractivity contribution is 7.16. The Bertz CT molecular complexity index is 1050. The molecule has 140 valence electrons. The van der Waals surface area contributed by atoms with Crippen LogP contribution in [0.4, 0.5) is 0 Å². The third kappa shape index (κ3) is 3.63. The molecule has 4 rings (SSSR count). The van der Waals surface area contributed by atoms with Gasteiger partial charge in [0, 0.05) is 5.69 Å². The number of H-pyrrole nitrogens is 1. The minimum Gasteiger partial charge on any atom is -0.493 e. The Morgan fingerprint density at radius 2 is 2.00 bits per heavy atom. The van der Waals surface area contributed by atoms with Gasteiger partial charge in [0.15, 0.2) is 16.5 Å². The van der Waals surface area contributed by atoms with Crippen molar-refractivity contribution in [1.29, 1.82) is 0 Å². The van der Waals surface area contributed by atoms with Crippen LogP contribution in [0.5, 0.6) is 11.5 Å². The lowest BCUT2D eigenvalue weighted by atomic mass is 10.1. The molecule has 3 heterocycles. The Morgan fingerprint density at radius 1 is 1.19 bits per heavy atom. The highest BCUT2D eigenvalue weighted by Gasteiger charge is 2.17. The molecule has 0 aliphatic heterocycles. The number of benzene rings is 1. The van der Waals surface area contributed by atoms with Crippen LogP contribution in [0.1, 0.15) is 24.5 Å². The van der Waals surface area contributed by atoms with Crippen LogP contribution in [0.3, 0.4) is 0 Å². The topological polar surface area (TPSA) is 90.2 Å². The second kappa shape index (κ2) is 7.36. The Labute approximate surface area is 160 Å². The maximum absolute atomic E-state index is 5.85. The van der Waals surface area contributed by atoms with Gasteiger partial charge < -0.3 is 9.47 Å². The molecule has 0 atom stereocenters. The van der Waals surface area contributed by atoms with Crippen LogP contribution in [0.15, 0.2) is 30.3 Å². The Hall–Kier alpha value is -2.94. The summed E-state index contributed by atoms with van der Waals surface area (Å²) in [5.41, 5.74) is 1.81. The van der Waals surface area contributed by atoms with Crippen molar-refractivity contribution < 1.29 is 9.47 Å². The number of aromatic amines is 1. The number of hydrogen-bond donors (Lipinski definition) is 1. The fourth-order valence-corrected chi connectivity index (χ4v) is 3.52. The van der Waals surface area contributed by atoms with Crippen LogP contribution >= 0.6 is 11.3 Å². The number of aromatic nitrogens is 6. The SMILES string of the molecule is COc1ccccc1OCc1nn2c(-c3cc(CC(C)C)[nH]n3)nnc2s1. The molecule has 0 unspecified atom stereocenters. The lowest BCUT2D eigenvalue weighted by Gasteiger charge is -2.08. The monoisotopic (exact) mass is 384 g/mol. The summed E-state index contributed by atoms with van der Waals surface area (Å²) in [4.78, 5) is 0.706. The summed E-state index contributed by atoms with van der Waals surface area (Å²) in [6, 6.07) is 9.53. The molecule has 0 saturated heterocycles. The molecule has 0 aliphatic carbocycles. The van der Waals surface area contributed by atoms with E-state index in [1.807, 2.05) is 30.3 Å². The Balaban J connectivity index is 1.54. The first-order chi connectivity index (χ1) is 13.1. The molecule has 9 heteroatoms. The number of nitrogens with one attached hydrogen (secondary N) is 1. The minimum atomic E-state index is 0.326. The van der Waals surface area contributed by atoms with Gasteiger partial charge >= 0.3 is 0 Å². The van der Waals surface area contributed by atoms with Gasteiger partial charge in [0.25, 0.3) is 0 Å². The fourth-order valence-electron chi connectivity index (χ4n) is 2.77. The summed E-state index contributed by atoms with van der Waals surface area (Å²) in [7, 11) is 1.62. The van der Waals surface area contributed by atoms with Crippen LogP contribution < -0.4 is 9.47 Å². The second-order valence-corrected chi connectivity index (χ2v) is 7.57. The summed E-state index contributed by atoms with van der Waals surface area (Å²) in [5, 5.41) is 21.2. The summed E-state index contributed by atoms with van der Waals surface area (Å²) in [5.74, 6) is 2.54. The number of ether oxygens (including phenoxy) is 2. The van der Waals surface area contributed by atoms with E-state index in [9.17, 15) is 0 Å². The highest BCUT2D eigenvalue weighted by Crippen LogP contribution is 2.28. The van der Waals surface area contributed by atoms with Crippen LogP contribution in [0, 0.1) is 5.92 Å². The summed E-state index contributed by atoms with van der Waals surface area (Å²) < 4.78 is 12.9. The number of nitrogens with zero attached hydrogens (tertiary/aromatic N) is 5. The molecule has 4 aromatic rings. The molecule has 8 nitrogen and oxygen atoms in total. The van der Waals surface area contributed by atoms with Crippen molar-refractivity contribution in [2.75, 3.05) is 7.11 Å². The number of para-hydroxylation sites is 2. The van der Waals surface area contributed by atoms with Crippen molar-refractivity contribution in [2.45, 2.75) is 26.9 Å². The number of hydrogen-bond acceptors (Lipinski definition) is 7. The summed E-state index contributed by atoms with van der Waals surface area (Å²) in [6.07, 6.45) is 0.935. The molecule has 1 aromatic carbocycles.